The molecule has 0 bridgehead atoms. The van der Waals surface area contributed by atoms with Crippen molar-refractivity contribution in [2.45, 2.75) is 20.0 Å². The monoisotopic (exact) mass is 261 g/mol. The maximum atomic E-state index is 6.18. The molecule has 0 aromatic carbocycles. The summed E-state index contributed by atoms with van der Waals surface area (Å²) in [7, 11) is 0. The number of ether oxygens (including phenoxy) is 1. The molecule has 0 saturated heterocycles. The molecule has 0 N–H and O–H groups in total. The number of hydrogen-bond donors (Lipinski definition) is 0. The van der Waals surface area contributed by atoms with Crippen LogP contribution in [0.4, 0.5) is 0 Å². The summed E-state index contributed by atoms with van der Waals surface area (Å²) in [6, 6.07) is 5.78. The fraction of sp³-hybridized carbons (Fsp3) is 0.308. The first-order valence-electron chi connectivity index (χ1n) is 5.81. The van der Waals surface area contributed by atoms with Crippen molar-refractivity contribution in [3.05, 3.63) is 40.3 Å². The fourth-order valence-electron chi connectivity index (χ4n) is 1.97. The maximum Gasteiger partial charge on any atom is 0.179 e. The summed E-state index contributed by atoms with van der Waals surface area (Å²) < 4.78 is 5.36. The van der Waals surface area contributed by atoms with Gasteiger partial charge in [-0.1, -0.05) is 17.7 Å². The Morgan fingerprint density at radius 3 is 2.94 bits per heavy atom. The highest BCUT2D eigenvalue weighted by Gasteiger charge is 2.18. The fourth-order valence-corrected chi connectivity index (χ4v) is 2.22. The van der Waals surface area contributed by atoms with Gasteiger partial charge in [-0.05, 0) is 19.1 Å². The Balaban J connectivity index is 2.11. The van der Waals surface area contributed by atoms with Gasteiger partial charge in [-0.15, -0.1) is 0 Å². The molecular weight excluding hydrogens is 250 g/mol. The minimum atomic E-state index is 0.470. The summed E-state index contributed by atoms with van der Waals surface area (Å²) in [5, 5.41) is 0.470. The minimum absolute atomic E-state index is 0.470. The molecule has 0 spiro atoms. The van der Waals surface area contributed by atoms with E-state index in [1.54, 1.807) is 0 Å². The molecule has 1 aliphatic rings. The minimum Gasteiger partial charge on any atom is -0.376 e. The number of aromatic nitrogens is 3. The number of nitrogens with zero attached hydrogens (tertiary/aromatic N) is 3. The van der Waals surface area contributed by atoms with E-state index < -0.39 is 0 Å². The van der Waals surface area contributed by atoms with Gasteiger partial charge in [0.05, 0.1) is 18.9 Å². The number of halogens is 1. The van der Waals surface area contributed by atoms with Crippen molar-refractivity contribution >= 4 is 11.6 Å². The third-order valence-corrected chi connectivity index (χ3v) is 3.20. The summed E-state index contributed by atoms with van der Waals surface area (Å²) >= 11 is 6.18. The quantitative estimate of drug-likeness (QED) is 0.741. The summed E-state index contributed by atoms with van der Waals surface area (Å²) in [5.41, 5.74) is 3.57. The van der Waals surface area contributed by atoms with Crippen LogP contribution in [0.5, 0.6) is 0 Å². The van der Waals surface area contributed by atoms with E-state index in [0.29, 0.717) is 24.2 Å². The van der Waals surface area contributed by atoms with Crippen LogP contribution >= 0.6 is 11.6 Å². The van der Waals surface area contributed by atoms with Gasteiger partial charge in [-0.3, -0.25) is 0 Å². The molecule has 18 heavy (non-hydrogen) atoms. The average molecular weight is 262 g/mol. The first kappa shape index (κ1) is 11.6. The summed E-state index contributed by atoms with van der Waals surface area (Å²) in [6.07, 6.45) is 0.774. The second-order valence-electron chi connectivity index (χ2n) is 4.23. The average Bonchev–Trinajstić information content (AvgIpc) is 2.39. The standard InChI is InChI=1S/C13H12ClN3O/c1-8-3-2-4-11(15-8)13-16-10-5-6-18-7-9(10)12(14)17-13/h2-4H,5-7H2,1H3. The molecule has 2 aromatic rings. The zero-order valence-corrected chi connectivity index (χ0v) is 10.7. The molecule has 5 heteroatoms. The third kappa shape index (κ3) is 2.09. The van der Waals surface area contributed by atoms with Gasteiger partial charge in [-0.25, -0.2) is 15.0 Å². The molecule has 0 amide bonds. The predicted octanol–water partition coefficient (Wildman–Crippen LogP) is 2.57. The smallest absolute Gasteiger partial charge is 0.179 e. The maximum absolute atomic E-state index is 6.18. The van der Waals surface area contributed by atoms with Crippen LogP contribution in [0, 0.1) is 6.92 Å². The number of fused-ring (bicyclic) bond motifs is 1. The van der Waals surface area contributed by atoms with Gasteiger partial charge in [0, 0.05) is 17.7 Å². The Kier molecular flexibility index (Phi) is 2.97. The van der Waals surface area contributed by atoms with E-state index in [4.69, 9.17) is 16.3 Å². The molecule has 3 rings (SSSR count). The van der Waals surface area contributed by atoms with Crippen LogP contribution in [-0.2, 0) is 17.8 Å². The van der Waals surface area contributed by atoms with Gasteiger partial charge in [0.1, 0.15) is 10.8 Å². The molecule has 0 unspecified atom stereocenters. The Bertz CT molecular complexity index is 601. The van der Waals surface area contributed by atoms with Crippen LogP contribution < -0.4 is 0 Å². The van der Waals surface area contributed by atoms with Crippen LogP contribution in [0.3, 0.4) is 0 Å². The molecule has 2 aromatic heterocycles. The first-order chi connectivity index (χ1) is 8.74. The highest BCUT2D eigenvalue weighted by Crippen LogP contribution is 2.25. The van der Waals surface area contributed by atoms with Crippen molar-refractivity contribution < 1.29 is 4.74 Å². The predicted molar refractivity (Wildman–Crippen MR) is 68.4 cm³/mol. The first-order valence-corrected chi connectivity index (χ1v) is 6.19. The van der Waals surface area contributed by atoms with E-state index in [0.717, 1.165) is 29.1 Å². The Labute approximate surface area is 110 Å². The lowest BCUT2D eigenvalue weighted by Gasteiger charge is -2.17. The zero-order valence-electron chi connectivity index (χ0n) is 9.98. The molecule has 92 valence electrons. The van der Waals surface area contributed by atoms with Crippen LogP contribution in [0.15, 0.2) is 18.2 Å². The highest BCUT2D eigenvalue weighted by molar-refractivity contribution is 6.30. The molecule has 3 heterocycles. The van der Waals surface area contributed by atoms with E-state index in [1.165, 1.54) is 0 Å². The highest BCUT2D eigenvalue weighted by atomic mass is 35.5. The van der Waals surface area contributed by atoms with Gasteiger partial charge < -0.3 is 4.74 Å². The Hall–Kier alpha value is -1.52. The molecule has 0 aliphatic carbocycles. The van der Waals surface area contributed by atoms with Crippen molar-refractivity contribution in [3.8, 4) is 11.5 Å². The van der Waals surface area contributed by atoms with Crippen molar-refractivity contribution in [1.82, 2.24) is 15.0 Å². The van der Waals surface area contributed by atoms with Gasteiger partial charge in [-0.2, -0.15) is 0 Å². The number of hydrogen-bond acceptors (Lipinski definition) is 4. The summed E-state index contributed by atoms with van der Waals surface area (Å²) in [6.45, 7) is 3.12. The normalized spacial score (nSPS) is 14.3. The second-order valence-corrected chi connectivity index (χ2v) is 4.59. The van der Waals surface area contributed by atoms with Crippen LogP contribution in [0.2, 0.25) is 5.15 Å². The van der Waals surface area contributed by atoms with Crippen molar-refractivity contribution in [1.29, 1.82) is 0 Å². The number of rotatable bonds is 1. The van der Waals surface area contributed by atoms with Gasteiger partial charge in [0.2, 0.25) is 0 Å². The van der Waals surface area contributed by atoms with Crippen LogP contribution in [0.1, 0.15) is 17.0 Å². The van der Waals surface area contributed by atoms with Crippen LogP contribution in [-0.4, -0.2) is 21.6 Å². The lowest BCUT2D eigenvalue weighted by molar-refractivity contribution is 0.109. The second kappa shape index (κ2) is 4.63. The third-order valence-electron chi connectivity index (χ3n) is 2.89. The summed E-state index contributed by atoms with van der Waals surface area (Å²) in [4.78, 5) is 13.3. The lowest BCUT2D eigenvalue weighted by Crippen LogP contribution is -2.14. The molecule has 1 aliphatic heterocycles. The lowest BCUT2D eigenvalue weighted by atomic mass is 10.1. The number of aryl methyl sites for hydroxylation is 1. The number of pyridine rings is 1. The van der Waals surface area contributed by atoms with E-state index in [-0.39, 0.29) is 0 Å². The van der Waals surface area contributed by atoms with E-state index in [1.807, 2.05) is 25.1 Å². The molecule has 4 nitrogen and oxygen atoms in total. The van der Waals surface area contributed by atoms with Crippen molar-refractivity contribution in [2.75, 3.05) is 6.61 Å². The van der Waals surface area contributed by atoms with Crippen molar-refractivity contribution in [3.63, 3.8) is 0 Å². The Morgan fingerprint density at radius 1 is 1.22 bits per heavy atom. The van der Waals surface area contributed by atoms with E-state index in [9.17, 15) is 0 Å². The van der Waals surface area contributed by atoms with Crippen molar-refractivity contribution in [2.24, 2.45) is 0 Å². The summed E-state index contributed by atoms with van der Waals surface area (Å²) in [5.74, 6) is 0.587. The zero-order chi connectivity index (χ0) is 12.5. The molecular formula is C13H12ClN3O. The SMILES string of the molecule is Cc1cccc(-c2nc(Cl)c3c(n2)CCOC3)n1. The topological polar surface area (TPSA) is 47.9 Å². The molecule has 0 fully saturated rings. The van der Waals surface area contributed by atoms with Gasteiger partial charge in [0.15, 0.2) is 5.82 Å². The molecule has 0 atom stereocenters. The van der Waals surface area contributed by atoms with E-state index in [2.05, 4.69) is 15.0 Å². The van der Waals surface area contributed by atoms with E-state index >= 15 is 0 Å². The largest absolute Gasteiger partial charge is 0.376 e. The molecule has 0 radical (unpaired) electrons. The van der Waals surface area contributed by atoms with Crippen LogP contribution in [0.25, 0.3) is 11.5 Å². The Morgan fingerprint density at radius 2 is 2.11 bits per heavy atom. The van der Waals surface area contributed by atoms with Gasteiger partial charge in [0.25, 0.3) is 0 Å². The molecule has 0 saturated carbocycles. The van der Waals surface area contributed by atoms with Gasteiger partial charge >= 0.3 is 0 Å².